The number of carbonyl (C=O) groups is 2. The molecule has 3 rings (SSSR count). The summed E-state index contributed by atoms with van der Waals surface area (Å²) < 4.78 is 38.7. The Morgan fingerprint density at radius 3 is 2.27 bits per heavy atom. The van der Waals surface area contributed by atoms with E-state index in [1.165, 1.54) is 12.1 Å². The van der Waals surface area contributed by atoms with Crippen LogP contribution in [0.2, 0.25) is 0 Å². The molecule has 0 bridgehead atoms. The molecule has 0 spiro atoms. The Morgan fingerprint density at radius 2 is 1.67 bits per heavy atom. The summed E-state index contributed by atoms with van der Waals surface area (Å²) in [6.07, 6.45) is -1.24. The van der Waals surface area contributed by atoms with Crippen molar-refractivity contribution >= 4 is 23.6 Å². The van der Waals surface area contributed by atoms with Crippen LogP contribution in [0.15, 0.2) is 54.6 Å². The van der Waals surface area contributed by atoms with Gasteiger partial charge in [0.05, 0.1) is 5.56 Å². The molecule has 2 amide bonds. The largest absolute Gasteiger partial charge is 0.416 e. The van der Waals surface area contributed by atoms with Gasteiger partial charge in [0.1, 0.15) is 0 Å². The number of alkyl halides is 3. The number of nitrogens with one attached hydrogen (secondary N) is 1. The van der Waals surface area contributed by atoms with Crippen LogP contribution in [0.1, 0.15) is 21.5 Å². The first-order chi connectivity index (χ1) is 14.3. The lowest BCUT2D eigenvalue weighted by Crippen LogP contribution is -2.48. The number of rotatable bonds is 4. The third-order valence-electron chi connectivity index (χ3n) is 4.95. The summed E-state index contributed by atoms with van der Waals surface area (Å²) in [4.78, 5) is 27.5. The molecule has 1 N–H and O–H groups in total. The lowest BCUT2D eigenvalue weighted by Gasteiger charge is -2.35. The molecular formula is C22H22F3N3O2. The van der Waals surface area contributed by atoms with E-state index in [0.29, 0.717) is 37.4 Å². The average Bonchev–Trinajstić information content (AvgIpc) is 2.77. The Hall–Kier alpha value is -3.29. The number of amides is 2. The van der Waals surface area contributed by atoms with Crippen molar-refractivity contribution in [2.24, 2.45) is 0 Å². The Labute approximate surface area is 172 Å². The van der Waals surface area contributed by atoms with E-state index in [2.05, 4.69) is 5.32 Å². The van der Waals surface area contributed by atoms with E-state index in [4.69, 9.17) is 0 Å². The van der Waals surface area contributed by atoms with Crippen molar-refractivity contribution in [2.75, 3.05) is 38.1 Å². The molecule has 158 valence electrons. The van der Waals surface area contributed by atoms with Crippen LogP contribution in [-0.4, -0.2) is 49.9 Å². The average molecular weight is 417 g/mol. The van der Waals surface area contributed by atoms with E-state index >= 15 is 0 Å². The van der Waals surface area contributed by atoms with Gasteiger partial charge in [0.15, 0.2) is 0 Å². The fourth-order valence-electron chi connectivity index (χ4n) is 3.23. The number of hydrogen-bond acceptors (Lipinski definition) is 3. The smallest absolute Gasteiger partial charge is 0.368 e. The van der Waals surface area contributed by atoms with Gasteiger partial charge in [-0.3, -0.25) is 9.59 Å². The summed E-state index contributed by atoms with van der Waals surface area (Å²) in [5.41, 5.74) is 1.15. The first-order valence-electron chi connectivity index (χ1n) is 9.49. The van der Waals surface area contributed by atoms with Crippen molar-refractivity contribution in [1.29, 1.82) is 0 Å². The second-order valence-electron chi connectivity index (χ2n) is 6.89. The highest BCUT2D eigenvalue weighted by Gasteiger charge is 2.31. The molecule has 5 nitrogen and oxygen atoms in total. The second kappa shape index (κ2) is 9.02. The predicted molar refractivity (Wildman–Crippen MR) is 109 cm³/mol. The Morgan fingerprint density at radius 1 is 1.00 bits per heavy atom. The summed E-state index contributed by atoms with van der Waals surface area (Å²) in [5.74, 6) is -0.339. The summed E-state index contributed by atoms with van der Waals surface area (Å²) in [6, 6.07) is 12.1. The molecule has 1 fully saturated rings. The van der Waals surface area contributed by atoms with Crippen LogP contribution in [0.25, 0.3) is 6.08 Å². The van der Waals surface area contributed by atoms with E-state index in [1.54, 1.807) is 48.4 Å². The number of nitrogens with zero attached hydrogens (tertiary/aromatic N) is 2. The second-order valence-corrected chi connectivity index (χ2v) is 6.89. The lowest BCUT2D eigenvalue weighted by atomic mass is 10.1. The SMILES string of the molecule is CNC(=O)c1ccc(/C=C/C(=O)N2CCN(c3cccc(C(F)(F)F)c3)CC2)cc1. The molecule has 1 aliphatic rings. The van der Waals surface area contributed by atoms with Gasteiger partial charge in [0, 0.05) is 50.6 Å². The van der Waals surface area contributed by atoms with Gasteiger partial charge in [-0.15, -0.1) is 0 Å². The maximum absolute atomic E-state index is 12.9. The Kier molecular flexibility index (Phi) is 6.44. The van der Waals surface area contributed by atoms with Gasteiger partial charge in [0.2, 0.25) is 5.91 Å². The Balaban J connectivity index is 1.56. The summed E-state index contributed by atoms with van der Waals surface area (Å²) in [7, 11) is 1.56. The molecule has 0 atom stereocenters. The summed E-state index contributed by atoms with van der Waals surface area (Å²) >= 11 is 0. The van der Waals surface area contributed by atoms with Gasteiger partial charge in [-0.1, -0.05) is 18.2 Å². The van der Waals surface area contributed by atoms with Crippen LogP contribution in [-0.2, 0) is 11.0 Å². The van der Waals surface area contributed by atoms with Crippen molar-refractivity contribution in [1.82, 2.24) is 10.2 Å². The minimum atomic E-state index is -4.38. The molecule has 0 saturated carbocycles. The first kappa shape index (κ1) is 21.4. The molecule has 2 aromatic rings. The van der Waals surface area contributed by atoms with Crippen molar-refractivity contribution in [3.05, 3.63) is 71.3 Å². The molecule has 0 unspecified atom stereocenters. The van der Waals surface area contributed by atoms with Crippen molar-refractivity contribution in [3.8, 4) is 0 Å². The normalized spacial score (nSPS) is 14.8. The molecule has 0 radical (unpaired) electrons. The van der Waals surface area contributed by atoms with E-state index in [-0.39, 0.29) is 11.8 Å². The number of carbonyl (C=O) groups excluding carboxylic acids is 2. The van der Waals surface area contributed by atoms with Crippen LogP contribution >= 0.6 is 0 Å². The fraction of sp³-hybridized carbons (Fsp3) is 0.273. The number of benzene rings is 2. The highest BCUT2D eigenvalue weighted by atomic mass is 19.4. The van der Waals surface area contributed by atoms with Crippen LogP contribution in [0.4, 0.5) is 18.9 Å². The fourth-order valence-corrected chi connectivity index (χ4v) is 3.23. The van der Waals surface area contributed by atoms with E-state index < -0.39 is 11.7 Å². The predicted octanol–water partition coefficient (Wildman–Crippen LogP) is 3.43. The topological polar surface area (TPSA) is 52.7 Å². The molecule has 1 aliphatic heterocycles. The van der Waals surface area contributed by atoms with Gasteiger partial charge >= 0.3 is 6.18 Å². The van der Waals surface area contributed by atoms with Gasteiger partial charge in [0.25, 0.3) is 5.91 Å². The molecule has 8 heteroatoms. The van der Waals surface area contributed by atoms with Crippen LogP contribution in [0, 0.1) is 0 Å². The zero-order valence-corrected chi connectivity index (χ0v) is 16.4. The van der Waals surface area contributed by atoms with Crippen molar-refractivity contribution in [2.45, 2.75) is 6.18 Å². The molecule has 1 heterocycles. The van der Waals surface area contributed by atoms with Gasteiger partial charge < -0.3 is 15.1 Å². The number of piperazine rings is 1. The zero-order valence-electron chi connectivity index (χ0n) is 16.4. The molecule has 1 saturated heterocycles. The van der Waals surface area contributed by atoms with Crippen molar-refractivity contribution in [3.63, 3.8) is 0 Å². The molecule has 2 aromatic carbocycles. The maximum Gasteiger partial charge on any atom is 0.416 e. The third-order valence-corrected chi connectivity index (χ3v) is 4.95. The number of halogens is 3. The first-order valence-corrected chi connectivity index (χ1v) is 9.49. The van der Waals surface area contributed by atoms with E-state index in [0.717, 1.165) is 17.7 Å². The van der Waals surface area contributed by atoms with Gasteiger partial charge in [-0.05, 0) is 42.0 Å². The van der Waals surface area contributed by atoms with Gasteiger partial charge in [-0.25, -0.2) is 0 Å². The quantitative estimate of drug-likeness (QED) is 0.776. The maximum atomic E-state index is 12.9. The van der Waals surface area contributed by atoms with Crippen LogP contribution < -0.4 is 10.2 Å². The molecule has 0 aliphatic carbocycles. The zero-order chi connectivity index (χ0) is 21.7. The standard InChI is InChI=1S/C22H22F3N3O2/c1-26-21(30)17-8-5-16(6-9-17)7-10-20(29)28-13-11-27(12-14-28)19-4-2-3-18(15-19)22(23,24)25/h2-10,15H,11-14H2,1H3,(H,26,30)/b10-7+. The summed E-state index contributed by atoms with van der Waals surface area (Å²) in [5, 5.41) is 2.54. The number of hydrogen-bond donors (Lipinski definition) is 1. The minimum absolute atomic E-state index is 0.158. The minimum Gasteiger partial charge on any atom is -0.368 e. The van der Waals surface area contributed by atoms with Crippen LogP contribution in [0.5, 0.6) is 0 Å². The monoisotopic (exact) mass is 417 g/mol. The lowest BCUT2D eigenvalue weighted by molar-refractivity contribution is -0.137. The van der Waals surface area contributed by atoms with Crippen LogP contribution in [0.3, 0.4) is 0 Å². The highest BCUT2D eigenvalue weighted by Crippen LogP contribution is 2.31. The molecule has 30 heavy (non-hydrogen) atoms. The Bertz CT molecular complexity index is 931. The highest BCUT2D eigenvalue weighted by molar-refractivity contribution is 5.95. The molecular weight excluding hydrogens is 395 g/mol. The summed E-state index contributed by atoms with van der Waals surface area (Å²) in [6.45, 7) is 1.77. The van der Waals surface area contributed by atoms with Gasteiger partial charge in [-0.2, -0.15) is 13.2 Å². The van der Waals surface area contributed by atoms with E-state index in [1.807, 2.05) is 4.90 Å². The van der Waals surface area contributed by atoms with Crippen molar-refractivity contribution < 1.29 is 22.8 Å². The third kappa shape index (κ3) is 5.20. The molecule has 0 aromatic heterocycles. The number of anilines is 1. The van der Waals surface area contributed by atoms with E-state index in [9.17, 15) is 22.8 Å².